The molecule has 4 aromatic rings. The highest BCUT2D eigenvalue weighted by Crippen LogP contribution is 2.38. The van der Waals surface area contributed by atoms with Gasteiger partial charge in [0.25, 0.3) is 10.0 Å². The molecule has 0 saturated heterocycles. The minimum absolute atomic E-state index is 0.204. The minimum atomic E-state index is -3.86. The smallest absolute Gasteiger partial charge is 0.342 e. The molecule has 4 rings (SSSR count). The molecule has 3 aromatic carbocycles. The summed E-state index contributed by atoms with van der Waals surface area (Å²) in [5.74, 6) is -0.0834. The van der Waals surface area contributed by atoms with E-state index in [1.165, 1.54) is 0 Å². The van der Waals surface area contributed by atoms with Gasteiger partial charge in [-0.3, -0.25) is 4.72 Å². The van der Waals surface area contributed by atoms with Crippen LogP contribution in [0.1, 0.15) is 41.1 Å². The third kappa shape index (κ3) is 3.84. The molecule has 0 amide bonds. The number of carbonyl (C=O) groups is 1. The van der Waals surface area contributed by atoms with Crippen LogP contribution in [0.2, 0.25) is 0 Å². The molecule has 1 N–H and O–H groups in total. The van der Waals surface area contributed by atoms with Crippen LogP contribution in [0.15, 0.2) is 57.8 Å². The molecule has 0 spiro atoms. The average molecular weight is 452 g/mol. The van der Waals surface area contributed by atoms with Crippen LogP contribution < -0.4 is 4.72 Å². The summed E-state index contributed by atoms with van der Waals surface area (Å²) in [6.07, 6.45) is -0.296. The number of furan rings is 1. The highest BCUT2D eigenvalue weighted by molar-refractivity contribution is 7.92. The Morgan fingerprint density at radius 1 is 0.969 bits per heavy atom. The van der Waals surface area contributed by atoms with E-state index in [0.29, 0.717) is 44.3 Å². The van der Waals surface area contributed by atoms with Crippen LogP contribution in [0.5, 0.6) is 0 Å². The Balaban J connectivity index is 1.93. The van der Waals surface area contributed by atoms with Crippen molar-refractivity contribution in [1.29, 1.82) is 0 Å². The average Bonchev–Trinajstić information content (AvgIpc) is 3.03. The molecule has 7 heteroatoms. The first-order chi connectivity index (χ1) is 15.1. The molecule has 166 valence electrons. The standard InChI is InChI=1S/C25H25NO5S/c1-14(2)30-25(27)23-17(5)31-24-19-9-7-6-8-18(19)21(13-20(23)24)26-32(28,29)22-11-10-15(3)12-16(22)4/h6-14,26H,1-5H3. The van der Waals surface area contributed by atoms with E-state index < -0.39 is 16.0 Å². The van der Waals surface area contributed by atoms with Crippen LogP contribution in [-0.4, -0.2) is 20.5 Å². The summed E-state index contributed by atoms with van der Waals surface area (Å²) in [6.45, 7) is 8.92. The quantitative estimate of drug-likeness (QED) is 0.383. The molecule has 1 aromatic heterocycles. The van der Waals surface area contributed by atoms with E-state index in [1.807, 2.05) is 37.3 Å². The Bertz CT molecular complexity index is 1470. The lowest BCUT2D eigenvalue weighted by Gasteiger charge is -2.14. The largest absolute Gasteiger partial charge is 0.460 e. The van der Waals surface area contributed by atoms with E-state index in [1.54, 1.807) is 45.9 Å². The van der Waals surface area contributed by atoms with E-state index in [2.05, 4.69) is 4.72 Å². The van der Waals surface area contributed by atoms with Crippen molar-refractivity contribution >= 4 is 43.4 Å². The molecule has 0 radical (unpaired) electrons. The van der Waals surface area contributed by atoms with E-state index in [9.17, 15) is 13.2 Å². The number of fused-ring (bicyclic) bond motifs is 3. The lowest BCUT2D eigenvalue weighted by molar-refractivity contribution is 0.0378. The number of sulfonamides is 1. The molecular formula is C25H25NO5S. The van der Waals surface area contributed by atoms with Gasteiger partial charge in [-0.1, -0.05) is 42.0 Å². The fourth-order valence-corrected chi connectivity index (χ4v) is 5.25. The predicted molar refractivity (Wildman–Crippen MR) is 126 cm³/mol. The second-order valence-corrected chi connectivity index (χ2v) is 9.86. The summed E-state index contributed by atoms with van der Waals surface area (Å²) in [4.78, 5) is 13.0. The van der Waals surface area contributed by atoms with Crippen molar-refractivity contribution in [3.05, 3.63) is 71.0 Å². The van der Waals surface area contributed by atoms with Crippen molar-refractivity contribution in [3.63, 3.8) is 0 Å². The van der Waals surface area contributed by atoms with E-state index in [0.717, 1.165) is 5.56 Å². The highest BCUT2D eigenvalue weighted by atomic mass is 32.2. The number of nitrogens with one attached hydrogen (secondary N) is 1. The van der Waals surface area contributed by atoms with Gasteiger partial charge in [-0.05, 0) is 52.3 Å². The molecule has 6 nitrogen and oxygen atoms in total. The molecule has 0 aliphatic carbocycles. The Labute approximate surface area is 187 Å². The fourth-order valence-electron chi connectivity index (χ4n) is 3.95. The SMILES string of the molecule is Cc1ccc(S(=O)(=O)Nc2cc3c(C(=O)OC(C)C)c(C)oc3c3ccccc23)c(C)c1. The number of ether oxygens (including phenoxy) is 1. The summed E-state index contributed by atoms with van der Waals surface area (Å²) in [5.41, 5.74) is 2.82. The van der Waals surface area contributed by atoms with Gasteiger partial charge in [-0.15, -0.1) is 0 Å². The van der Waals surface area contributed by atoms with Crippen molar-refractivity contribution in [1.82, 2.24) is 0 Å². The first kappa shape index (κ1) is 21.9. The molecule has 32 heavy (non-hydrogen) atoms. The van der Waals surface area contributed by atoms with Crippen LogP contribution >= 0.6 is 0 Å². The number of carbonyl (C=O) groups excluding carboxylic acids is 1. The monoisotopic (exact) mass is 451 g/mol. The van der Waals surface area contributed by atoms with Gasteiger partial charge >= 0.3 is 5.97 Å². The molecule has 0 fully saturated rings. The number of hydrogen-bond acceptors (Lipinski definition) is 5. The third-order valence-corrected chi connectivity index (χ3v) is 6.81. The lowest BCUT2D eigenvalue weighted by atomic mass is 10.0. The van der Waals surface area contributed by atoms with E-state index in [4.69, 9.17) is 9.15 Å². The predicted octanol–water partition coefficient (Wildman–Crippen LogP) is 5.88. The maximum atomic E-state index is 13.3. The number of anilines is 1. The first-order valence-corrected chi connectivity index (χ1v) is 11.8. The van der Waals surface area contributed by atoms with Crippen LogP contribution in [0.4, 0.5) is 5.69 Å². The maximum Gasteiger partial charge on any atom is 0.342 e. The number of benzene rings is 3. The Morgan fingerprint density at radius 3 is 2.31 bits per heavy atom. The molecule has 0 bridgehead atoms. The van der Waals surface area contributed by atoms with Gasteiger partial charge in [0.2, 0.25) is 0 Å². The second-order valence-electron chi connectivity index (χ2n) is 8.21. The zero-order valence-corrected chi connectivity index (χ0v) is 19.5. The minimum Gasteiger partial charge on any atom is -0.460 e. The normalized spacial score (nSPS) is 11.9. The third-order valence-electron chi connectivity index (χ3n) is 5.28. The van der Waals surface area contributed by atoms with Gasteiger partial charge in [0.1, 0.15) is 16.9 Å². The van der Waals surface area contributed by atoms with Gasteiger partial charge in [0.15, 0.2) is 0 Å². The number of aryl methyl sites for hydroxylation is 3. The molecule has 0 aliphatic rings. The summed E-state index contributed by atoms with van der Waals surface area (Å²) in [7, 11) is -3.86. The number of esters is 1. The van der Waals surface area contributed by atoms with Gasteiger partial charge < -0.3 is 9.15 Å². The van der Waals surface area contributed by atoms with Crippen LogP contribution in [0.3, 0.4) is 0 Å². The number of hydrogen-bond donors (Lipinski definition) is 1. The van der Waals surface area contributed by atoms with E-state index in [-0.39, 0.29) is 11.0 Å². The zero-order chi connectivity index (χ0) is 23.2. The Hall–Kier alpha value is -3.32. The van der Waals surface area contributed by atoms with Crippen LogP contribution in [-0.2, 0) is 14.8 Å². The summed E-state index contributed by atoms with van der Waals surface area (Å²) in [6, 6.07) is 14.2. The van der Waals surface area contributed by atoms with Crippen LogP contribution in [0, 0.1) is 20.8 Å². The topological polar surface area (TPSA) is 85.6 Å². The van der Waals surface area contributed by atoms with Crippen LogP contribution in [0.25, 0.3) is 21.7 Å². The van der Waals surface area contributed by atoms with Gasteiger partial charge in [-0.2, -0.15) is 0 Å². The lowest BCUT2D eigenvalue weighted by Crippen LogP contribution is -2.15. The zero-order valence-electron chi connectivity index (χ0n) is 18.6. The van der Waals surface area contributed by atoms with E-state index >= 15 is 0 Å². The molecule has 1 heterocycles. The summed E-state index contributed by atoms with van der Waals surface area (Å²) < 4.78 is 40.6. The summed E-state index contributed by atoms with van der Waals surface area (Å²) in [5, 5.41) is 1.88. The second kappa shape index (κ2) is 7.98. The molecule has 0 atom stereocenters. The molecule has 0 unspecified atom stereocenters. The van der Waals surface area contributed by atoms with Crippen molar-refractivity contribution in [2.45, 2.75) is 45.6 Å². The van der Waals surface area contributed by atoms with Crippen molar-refractivity contribution in [2.75, 3.05) is 4.72 Å². The maximum absolute atomic E-state index is 13.3. The Morgan fingerprint density at radius 2 is 1.66 bits per heavy atom. The highest BCUT2D eigenvalue weighted by Gasteiger charge is 2.25. The van der Waals surface area contributed by atoms with Crippen molar-refractivity contribution in [3.8, 4) is 0 Å². The molecule has 0 aliphatic heterocycles. The first-order valence-electron chi connectivity index (χ1n) is 10.3. The van der Waals surface area contributed by atoms with Gasteiger partial charge in [-0.25, -0.2) is 13.2 Å². The molecular weight excluding hydrogens is 426 g/mol. The summed E-state index contributed by atoms with van der Waals surface area (Å²) >= 11 is 0. The van der Waals surface area contributed by atoms with Gasteiger partial charge in [0.05, 0.1) is 16.7 Å². The van der Waals surface area contributed by atoms with Crippen molar-refractivity contribution in [2.24, 2.45) is 0 Å². The Kier molecular flexibility index (Phi) is 5.46. The van der Waals surface area contributed by atoms with Crippen molar-refractivity contribution < 1.29 is 22.4 Å². The number of rotatable bonds is 5. The fraction of sp³-hybridized carbons (Fsp3) is 0.240. The molecule has 0 saturated carbocycles. The van der Waals surface area contributed by atoms with Gasteiger partial charge in [0, 0.05) is 16.2 Å².